The van der Waals surface area contributed by atoms with Crippen molar-refractivity contribution in [2.24, 2.45) is 5.92 Å². The molecule has 1 aromatic carbocycles. The number of hydrogen-bond acceptors (Lipinski definition) is 7. The SMILES string of the molecule is Cc1cc(-c2cc(Cl)ccc2OCCn2c(C)nc3c(c2=O)C[C@@H](N2CCC(CC(F)(F)F)CC2)CC3(C)C)c2scc(C(=O)O)c2n1. The Morgan fingerprint density at radius 3 is 2.56 bits per heavy atom. The number of carbonyl (C=O) groups is 1. The van der Waals surface area contributed by atoms with Crippen LogP contribution in [0.1, 0.15) is 72.7 Å². The minimum absolute atomic E-state index is 0.0532. The van der Waals surface area contributed by atoms with E-state index in [2.05, 4.69) is 23.7 Å². The fourth-order valence-electron chi connectivity index (χ4n) is 7.38. The molecule has 0 saturated carbocycles. The summed E-state index contributed by atoms with van der Waals surface area (Å²) in [5.41, 5.74) is 3.60. The second-order valence-corrected chi connectivity index (χ2v) is 14.9. The summed E-state index contributed by atoms with van der Waals surface area (Å²) < 4.78 is 47.6. The number of aromatic carboxylic acids is 1. The van der Waals surface area contributed by atoms with Crippen LogP contribution in [0.25, 0.3) is 21.3 Å². The summed E-state index contributed by atoms with van der Waals surface area (Å²) in [7, 11) is 0. The van der Waals surface area contributed by atoms with Crippen LogP contribution in [0.15, 0.2) is 34.4 Å². The average Bonchev–Trinajstić information content (AvgIpc) is 3.43. The van der Waals surface area contributed by atoms with Gasteiger partial charge in [-0.05, 0) is 82.8 Å². The molecule has 0 bridgehead atoms. The molecule has 3 aromatic heterocycles. The van der Waals surface area contributed by atoms with Crippen molar-refractivity contribution in [3.8, 4) is 16.9 Å². The third-order valence-corrected chi connectivity index (χ3v) is 10.9. The summed E-state index contributed by atoms with van der Waals surface area (Å²) in [6, 6.07) is 7.18. The number of aryl methyl sites for hydroxylation is 2. The summed E-state index contributed by atoms with van der Waals surface area (Å²) in [4.78, 5) is 37.5. The predicted octanol–water partition coefficient (Wildman–Crippen LogP) is 7.82. The first-order valence-electron chi connectivity index (χ1n) is 16.1. The third-order valence-electron chi connectivity index (χ3n) is 9.65. The van der Waals surface area contributed by atoms with E-state index in [9.17, 15) is 27.9 Å². The summed E-state index contributed by atoms with van der Waals surface area (Å²) in [6.45, 7) is 9.37. The molecule has 8 nitrogen and oxygen atoms in total. The molecule has 1 aliphatic carbocycles. The average molecular weight is 703 g/mol. The van der Waals surface area contributed by atoms with Crippen LogP contribution in [0.5, 0.6) is 5.75 Å². The van der Waals surface area contributed by atoms with Crippen LogP contribution in [0.4, 0.5) is 13.2 Å². The topological polar surface area (TPSA) is 97.6 Å². The van der Waals surface area contributed by atoms with Gasteiger partial charge in [-0.15, -0.1) is 11.3 Å². The van der Waals surface area contributed by atoms with Gasteiger partial charge in [0, 0.05) is 50.7 Å². The first kappa shape index (κ1) is 34.4. The Bertz CT molecular complexity index is 1930. The molecular formula is C35H38ClF3N4O4S. The number of ether oxygens (including phenoxy) is 1. The molecule has 6 rings (SSSR count). The summed E-state index contributed by atoms with van der Waals surface area (Å²) in [6.07, 6.45) is -2.59. The van der Waals surface area contributed by atoms with E-state index in [1.165, 1.54) is 11.3 Å². The Balaban J connectivity index is 1.23. The largest absolute Gasteiger partial charge is 0.491 e. The van der Waals surface area contributed by atoms with Crippen molar-refractivity contribution >= 4 is 39.1 Å². The zero-order chi connectivity index (χ0) is 34.5. The first-order valence-corrected chi connectivity index (χ1v) is 17.3. The number of carboxylic acids is 1. The number of fused-ring (bicyclic) bond motifs is 2. The maximum Gasteiger partial charge on any atom is 0.389 e. The van der Waals surface area contributed by atoms with Crippen molar-refractivity contribution in [2.45, 2.75) is 84.0 Å². The molecule has 0 amide bonds. The summed E-state index contributed by atoms with van der Waals surface area (Å²) in [5.74, 6) is -0.283. The normalized spacial score (nSPS) is 18.6. The molecule has 256 valence electrons. The fraction of sp³-hybridized carbons (Fsp3) is 0.486. The number of likely N-dealkylation sites (tertiary alicyclic amines) is 1. The maximum absolute atomic E-state index is 14.0. The zero-order valence-corrected chi connectivity index (χ0v) is 28.9. The van der Waals surface area contributed by atoms with Crippen LogP contribution < -0.4 is 10.3 Å². The van der Waals surface area contributed by atoms with Gasteiger partial charge >= 0.3 is 12.1 Å². The molecule has 4 aromatic rings. The van der Waals surface area contributed by atoms with Gasteiger partial charge in [0.2, 0.25) is 0 Å². The number of halogens is 4. The molecule has 1 atom stereocenters. The van der Waals surface area contributed by atoms with Gasteiger partial charge in [-0.1, -0.05) is 25.4 Å². The van der Waals surface area contributed by atoms with Gasteiger partial charge in [0.25, 0.3) is 5.56 Å². The predicted molar refractivity (Wildman–Crippen MR) is 181 cm³/mol. The Morgan fingerprint density at radius 2 is 1.88 bits per heavy atom. The monoisotopic (exact) mass is 702 g/mol. The lowest BCUT2D eigenvalue weighted by Gasteiger charge is -2.44. The Kier molecular flexibility index (Phi) is 9.38. The number of benzene rings is 1. The molecule has 48 heavy (non-hydrogen) atoms. The van der Waals surface area contributed by atoms with Gasteiger partial charge in [-0.25, -0.2) is 9.78 Å². The highest BCUT2D eigenvalue weighted by Crippen LogP contribution is 2.41. The van der Waals surface area contributed by atoms with Gasteiger partial charge in [0.1, 0.15) is 18.2 Å². The van der Waals surface area contributed by atoms with E-state index >= 15 is 0 Å². The number of piperidine rings is 1. The van der Waals surface area contributed by atoms with Gasteiger partial charge < -0.3 is 9.84 Å². The van der Waals surface area contributed by atoms with E-state index in [1.54, 1.807) is 35.1 Å². The van der Waals surface area contributed by atoms with Crippen LogP contribution in [-0.2, 0) is 18.4 Å². The lowest BCUT2D eigenvalue weighted by atomic mass is 9.73. The number of thiophene rings is 1. The van der Waals surface area contributed by atoms with E-state index in [0.29, 0.717) is 76.0 Å². The molecule has 0 radical (unpaired) electrons. The molecule has 13 heteroatoms. The van der Waals surface area contributed by atoms with E-state index in [4.69, 9.17) is 21.3 Å². The molecule has 4 heterocycles. The van der Waals surface area contributed by atoms with Crippen molar-refractivity contribution in [3.63, 3.8) is 0 Å². The third kappa shape index (κ3) is 6.97. The smallest absolute Gasteiger partial charge is 0.389 e. The Labute approximate surface area is 285 Å². The minimum Gasteiger partial charge on any atom is -0.491 e. The van der Waals surface area contributed by atoms with Crippen LogP contribution in [0.2, 0.25) is 5.02 Å². The Hall–Kier alpha value is -3.48. The number of pyridine rings is 1. The van der Waals surface area contributed by atoms with E-state index in [0.717, 1.165) is 17.7 Å². The number of aromatic nitrogens is 3. The number of carboxylic acid groups (broad SMARTS) is 1. The number of nitrogens with zero attached hydrogens (tertiary/aromatic N) is 4. The van der Waals surface area contributed by atoms with Crippen LogP contribution in [-0.4, -0.2) is 62.4 Å². The highest BCUT2D eigenvalue weighted by atomic mass is 35.5. The van der Waals surface area contributed by atoms with Crippen LogP contribution in [0.3, 0.4) is 0 Å². The van der Waals surface area contributed by atoms with E-state index in [-0.39, 0.29) is 41.6 Å². The van der Waals surface area contributed by atoms with Crippen molar-refractivity contribution in [3.05, 3.63) is 73.4 Å². The second kappa shape index (κ2) is 13.1. The Morgan fingerprint density at radius 1 is 1.15 bits per heavy atom. The minimum atomic E-state index is -4.15. The molecule has 0 spiro atoms. The van der Waals surface area contributed by atoms with E-state index < -0.39 is 18.6 Å². The summed E-state index contributed by atoms with van der Waals surface area (Å²) in [5, 5.41) is 11.7. The van der Waals surface area contributed by atoms with Crippen molar-refractivity contribution in [1.82, 2.24) is 19.4 Å². The summed E-state index contributed by atoms with van der Waals surface area (Å²) >= 11 is 7.70. The van der Waals surface area contributed by atoms with Gasteiger partial charge in [-0.2, -0.15) is 13.2 Å². The van der Waals surface area contributed by atoms with Crippen molar-refractivity contribution in [2.75, 3.05) is 19.7 Å². The first-order chi connectivity index (χ1) is 22.6. The standard InChI is InChI=1S/C35H38ClF3N4O4S/c1-19-13-25(30-29(40-19)27(18-48-30)33(45)46)24-14-22(36)5-6-28(24)47-12-11-43-20(2)41-31-26(32(43)44)15-23(17-34(31,3)4)42-9-7-21(8-10-42)16-35(37,38)39/h5-6,13-14,18,21,23H,7-12,15-17H2,1-4H3,(H,45,46)/t23-/m1/s1. The molecule has 1 N–H and O–H groups in total. The quantitative estimate of drug-likeness (QED) is 0.200. The molecule has 0 unspecified atom stereocenters. The van der Waals surface area contributed by atoms with Crippen molar-refractivity contribution in [1.29, 1.82) is 0 Å². The highest BCUT2D eigenvalue weighted by Gasteiger charge is 2.41. The molecule has 1 saturated heterocycles. The van der Waals surface area contributed by atoms with E-state index in [1.807, 2.05) is 13.0 Å². The molecule has 2 aliphatic rings. The van der Waals surface area contributed by atoms with Gasteiger partial charge in [0.15, 0.2) is 0 Å². The lowest BCUT2D eigenvalue weighted by molar-refractivity contribution is -0.148. The zero-order valence-electron chi connectivity index (χ0n) is 27.3. The van der Waals surface area contributed by atoms with Crippen LogP contribution in [0, 0.1) is 19.8 Å². The van der Waals surface area contributed by atoms with Crippen LogP contribution >= 0.6 is 22.9 Å². The number of hydrogen-bond donors (Lipinski definition) is 1. The van der Waals surface area contributed by atoms with Crippen molar-refractivity contribution < 1.29 is 27.8 Å². The molecule has 1 aliphatic heterocycles. The molecular weight excluding hydrogens is 665 g/mol. The second-order valence-electron chi connectivity index (χ2n) is 13.6. The number of alkyl halides is 3. The van der Waals surface area contributed by atoms with Gasteiger partial charge in [-0.3, -0.25) is 19.2 Å². The highest BCUT2D eigenvalue weighted by molar-refractivity contribution is 7.18. The lowest BCUT2D eigenvalue weighted by Crippen LogP contribution is -2.50. The van der Waals surface area contributed by atoms with Gasteiger partial charge in [0.05, 0.1) is 28.0 Å². The fourth-order valence-corrected chi connectivity index (χ4v) is 8.57. The number of rotatable bonds is 8. The molecule has 1 fully saturated rings. The maximum atomic E-state index is 14.0.